The maximum atomic E-state index is 11.8. The van der Waals surface area contributed by atoms with Gasteiger partial charge in [0.15, 0.2) is 0 Å². The van der Waals surface area contributed by atoms with Gasteiger partial charge in [-0.3, -0.25) is 4.79 Å². The van der Waals surface area contributed by atoms with Crippen LogP contribution in [0.5, 0.6) is 0 Å². The fourth-order valence-corrected chi connectivity index (χ4v) is 3.25. The van der Waals surface area contributed by atoms with E-state index in [-0.39, 0.29) is 11.6 Å². The lowest BCUT2D eigenvalue weighted by Gasteiger charge is -2.28. The van der Waals surface area contributed by atoms with Crippen LogP contribution in [0.15, 0.2) is 0 Å². The van der Waals surface area contributed by atoms with Crippen molar-refractivity contribution in [1.29, 1.82) is 0 Å². The van der Waals surface area contributed by atoms with Crippen LogP contribution in [0, 0.1) is 11.8 Å². The van der Waals surface area contributed by atoms with Gasteiger partial charge in [-0.1, -0.05) is 12.8 Å². The van der Waals surface area contributed by atoms with Gasteiger partial charge in [-0.05, 0) is 52.0 Å². The normalized spacial score (nSPS) is 33.2. The van der Waals surface area contributed by atoms with Gasteiger partial charge in [0.2, 0.25) is 0 Å². The van der Waals surface area contributed by atoms with Crippen LogP contribution in [0.4, 0.5) is 0 Å². The lowest BCUT2D eigenvalue weighted by molar-refractivity contribution is -0.156. The van der Waals surface area contributed by atoms with Gasteiger partial charge in [0.25, 0.3) is 0 Å². The highest BCUT2D eigenvalue weighted by atomic mass is 16.6. The molecular formula is C14H25NO2. The molecule has 1 heterocycles. The molecule has 1 aliphatic carbocycles. The molecule has 1 saturated heterocycles. The summed E-state index contributed by atoms with van der Waals surface area (Å²) in [5.74, 6) is 1.17. The number of carbonyl (C=O) groups is 1. The monoisotopic (exact) mass is 239 g/mol. The number of hydrogen-bond acceptors (Lipinski definition) is 3. The number of rotatable bonds is 2. The Morgan fingerprint density at radius 1 is 1.29 bits per heavy atom. The number of hydrogen-bond donors (Lipinski definition) is 1. The van der Waals surface area contributed by atoms with Crippen LogP contribution in [-0.2, 0) is 9.53 Å². The molecule has 0 aromatic carbocycles. The van der Waals surface area contributed by atoms with Crippen LogP contribution < -0.4 is 5.32 Å². The van der Waals surface area contributed by atoms with Crippen molar-refractivity contribution in [3.8, 4) is 0 Å². The largest absolute Gasteiger partial charge is 0.460 e. The predicted molar refractivity (Wildman–Crippen MR) is 67.7 cm³/mol. The molecule has 1 aliphatic heterocycles. The summed E-state index contributed by atoms with van der Waals surface area (Å²) >= 11 is 0. The molecular weight excluding hydrogens is 214 g/mol. The fourth-order valence-electron chi connectivity index (χ4n) is 3.25. The summed E-state index contributed by atoms with van der Waals surface area (Å²) in [5, 5.41) is 3.57. The molecule has 0 aromatic heterocycles. The molecule has 98 valence electrons. The average Bonchev–Trinajstić information content (AvgIpc) is 2.59. The second kappa shape index (κ2) is 4.97. The Morgan fingerprint density at radius 2 is 2.00 bits per heavy atom. The zero-order valence-corrected chi connectivity index (χ0v) is 11.3. The van der Waals surface area contributed by atoms with Crippen LogP contribution in [0.25, 0.3) is 0 Å². The Kier molecular flexibility index (Phi) is 3.76. The SMILES string of the molecule is CC(C)(C)OC(=O)CC1CNC2CCCCC12. The highest BCUT2D eigenvalue weighted by Gasteiger charge is 2.38. The van der Waals surface area contributed by atoms with Crippen LogP contribution in [0.2, 0.25) is 0 Å². The predicted octanol–water partition coefficient (Wildman–Crippen LogP) is 2.50. The van der Waals surface area contributed by atoms with Gasteiger partial charge in [0, 0.05) is 12.5 Å². The van der Waals surface area contributed by atoms with Gasteiger partial charge in [0.05, 0.1) is 0 Å². The molecule has 17 heavy (non-hydrogen) atoms. The molecule has 3 heteroatoms. The molecule has 0 amide bonds. The van der Waals surface area contributed by atoms with Crippen LogP contribution in [0.1, 0.15) is 52.9 Å². The number of carbonyl (C=O) groups excluding carboxylic acids is 1. The van der Waals surface area contributed by atoms with Crippen molar-refractivity contribution in [2.45, 2.75) is 64.5 Å². The van der Waals surface area contributed by atoms with Gasteiger partial charge < -0.3 is 10.1 Å². The molecule has 3 atom stereocenters. The summed E-state index contributed by atoms with van der Waals surface area (Å²) in [5.41, 5.74) is -0.352. The second-order valence-corrected chi connectivity index (χ2v) is 6.51. The molecule has 0 spiro atoms. The van der Waals surface area contributed by atoms with Crippen molar-refractivity contribution in [3.63, 3.8) is 0 Å². The van der Waals surface area contributed by atoms with Crippen molar-refractivity contribution >= 4 is 5.97 Å². The first-order valence-corrected chi connectivity index (χ1v) is 6.91. The van der Waals surface area contributed by atoms with E-state index in [9.17, 15) is 4.79 Å². The Balaban J connectivity index is 1.85. The number of ether oxygens (including phenoxy) is 1. The first-order chi connectivity index (χ1) is 7.96. The van der Waals surface area contributed by atoms with Gasteiger partial charge in [-0.2, -0.15) is 0 Å². The lowest BCUT2D eigenvalue weighted by atomic mass is 9.79. The first kappa shape index (κ1) is 12.9. The molecule has 0 bridgehead atoms. The van der Waals surface area contributed by atoms with E-state index in [2.05, 4.69) is 5.32 Å². The van der Waals surface area contributed by atoms with Crippen molar-refractivity contribution in [1.82, 2.24) is 5.32 Å². The summed E-state index contributed by atoms with van der Waals surface area (Å²) in [7, 11) is 0. The summed E-state index contributed by atoms with van der Waals surface area (Å²) in [6, 6.07) is 0.663. The number of esters is 1. The molecule has 3 nitrogen and oxygen atoms in total. The molecule has 0 aromatic rings. The first-order valence-electron chi connectivity index (χ1n) is 6.91. The standard InChI is InChI=1S/C14H25NO2/c1-14(2,3)17-13(16)8-10-9-15-12-7-5-4-6-11(10)12/h10-12,15H,4-9H2,1-3H3. The molecule has 3 unspecified atom stereocenters. The summed E-state index contributed by atoms with van der Waals surface area (Å²) < 4.78 is 5.41. The van der Waals surface area contributed by atoms with E-state index in [0.717, 1.165) is 6.54 Å². The number of nitrogens with one attached hydrogen (secondary N) is 1. The van der Waals surface area contributed by atoms with E-state index < -0.39 is 0 Å². The molecule has 2 rings (SSSR count). The Morgan fingerprint density at radius 3 is 2.71 bits per heavy atom. The lowest BCUT2D eigenvalue weighted by Crippen LogP contribution is -2.31. The molecule has 1 saturated carbocycles. The minimum absolute atomic E-state index is 0.0319. The van der Waals surface area contributed by atoms with Crippen molar-refractivity contribution in [3.05, 3.63) is 0 Å². The van der Waals surface area contributed by atoms with E-state index in [4.69, 9.17) is 4.74 Å². The van der Waals surface area contributed by atoms with E-state index in [1.165, 1.54) is 25.7 Å². The topological polar surface area (TPSA) is 38.3 Å². The van der Waals surface area contributed by atoms with Crippen LogP contribution in [-0.4, -0.2) is 24.2 Å². The third-order valence-electron chi connectivity index (χ3n) is 3.92. The maximum Gasteiger partial charge on any atom is 0.306 e. The summed E-state index contributed by atoms with van der Waals surface area (Å²) in [6.45, 7) is 6.79. The third-order valence-corrected chi connectivity index (χ3v) is 3.92. The summed E-state index contributed by atoms with van der Waals surface area (Å²) in [4.78, 5) is 11.8. The molecule has 0 radical (unpaired) electrons. The summed E-state index contributed by atoms with van der Waals surface area (Å²) in [6.07, 6.45) is 5.83. The zero-order chi connectivity index (χ0) is 12.5. The van der Waals surface area contributed by atoms with Gasteiger partial charge in [-0.25, -0.2) is 0 Å². The van der Waals surface area contributed by atoms with Crippen molar-refractivity contribution < 1.29 is 9.53 Å². The highest BCUT2D eigenvalue weighted by molar-refractivity contribution is 5.70. The van der Waals surface area contributed by atoms with E-state index in [1.807, 2.05) is 20.8 Å². The Bertz CT molecular complexity index is 282. The minimum atomic E-state index is -0.352. The van der Waals surface area contributed by atoms with E-state index >= 15 is 0 Å². The zero-order valence-electron chi connectivity index (χ0n) is 11.3. The Labute approximate surface area is 104 Å². The average molecular weight is 239 g/mol. The quantitative estimate of drug-likeness (QED) is 0.752. The van der Waals surface area contributed by atoms with Crippen LogP contribution >= 0.6 is 0 Å². The van der Waals surface area contributed by atoms with Gasteiger partial charge >= 0.3 is 5.97 Å². The fraction of sp³-hybridized carbons (Fsp3) is 0.929. The van der Waals surface area contributed by atoms with Crippen molar-refractivity contribution in [2.24, 2.45) is 11.8 Å². The second-order valence-electron chi connectivity index (χ2n) is 6.51. The third kappa shape index (κ3) is 3.44. The van der Waals surface area contributed by atoms with Gasteiger partial charge in [0.1, 0.15) is 5.60 Å². The van der Waals surface area contributed by atoms with Gasteiger partial charge in [-0.15, -0.1) is 0 Å². The van der Waals surface area contributed by atoms with Crippen molar-refractivity contribution in [2.75, 3.05) is 6.54 Å². The van der Waals surface area contributed by atoms with E-state index in [1.54, 1.807) is 0 Å². The molecule has 2 fully saturated rings. The highest BCUT2D eigenvalue weighted by Crippen LogP contribution is 2.36. The number of fused-ring (bicyclic) bond motifs is 1. The minimum Gasteiger partial charge on any atom is -0.460 e. The van der Waals surface area contributed by atoms with E-state index in [0.29, 0.717) is 24.3 Å². The smallest absolute Gasteiger partial charge is 0.306 e. The Hall–Kier alpha value is -0.570. The maximum absolute atomic E-state index is 11.8. The molecule has 2 aliphatic rings. The van der Waals surface area contributed by atoms with Crippen LogP contribution in [0.3, 0.4) is 0 Å². The molecule has 1 N–H and O–H groups in total.